The number of rotatable bonds is 0. The number of ether oxygens (including phenoxy) is 1. The highest BCUT2D eigenvalue weighted by atomic mass is 19.1. The van der Waals surface area contributed by atoms with Crippen LogP contribution in [-0.2, 0) is 0 Å². The predicted octanol–water partition coefficient (Wildman–Crippen LogP) is 1.41. The first-order valence-corrected chi connectivity index (χ1v) is 7.79. The number of carboxylic acid groups (broad SMARTS) is 1. The molecule has 5 rings (SSSR count). The number of hydrogen-bond acceptors (Lipinski definition) is 6. The zero-order valence-corrected chi connectivity index (χ0v) is 12.6. The Hall–Kier alpha value is -2.71. The second-order valence-electron chi connectivity index (χ2n) is 6.39. The van der Waals surface area contributed by atoms with Gasteiger partial charge < -0.3 is 14.7 Å². The molecule has 124 valence electrons. The smallest absolute Gasteiger partial charge is 0.410 e. The van der Waals surface area contributed by atoms with Gasteiger partial charge in [0.05, 0.1) is 24.1 Å². The van der Waals surface area contributed by atoms with Crippen LogP contribution in [0.4, 0.5) is 15.0 Å². The number of anilines is 1. The summed E-state index contributed by atoms with van der Waals surface area (Å²) in [6, 6.07) is 0.974. The van der Waals surface area contributed by atoms with Gasteiger partial charge in [-0.1, -0.05) is 0 Å². The zero-order chi connectivity index (χ0) is 16.5. The molecule has 0 spiro atoms. The van der Waals surface area contributed by atoms with E-state index < -0.39 is 17.9 Å². The maximum absolute atomic E-state index is 15.3. The van der Waals surface area contributed by atoms with E-state index in [-0.39, 0.29) is 25.6 Å². The van der Waals surface area contributed by atoms with Crippen LogP contribution in [0.3, 0.4) is 0 Å². The van der Waals surface area contributed by atoms with Crippen LogP contribution in [-0.4, -0.2) is 62.1 Å². The van der Waals surface area contributed by atoms with Gasteiger partial charge in [0.1, 0.15) is 24.1 Å². The molecule has 2 bridgehead atoms. The van der Waals surface area contributed by atoms with E-state index in [0.717, 1.165) is 4.90 Å². The summed E-state index contributed by atoms with van der Waals surface area (Å²) in [5, 5.41) is 10.1. The van der Waals surface area contributed by atoms with E-state index >= 15 is 4.39 Å². The van der Waals surface area contributed by atoms with Crippen LogP contribution in [0.25, 0.3) is 10.9 Å². The minimum absolute atomic E-state index is 0.0652. The molecule has 5 heterocycles. The second kappa shape index (κ2) is 4.43. The van der Waals surface area contributed by atoms with Gasteiger partial charge in [-0.05, 0) is 12.5 Å². The molecule has 2 saturated heterocycles. The van der Waals surface area contributed by atoms with E-state index in [1.54, 1.807) is 12.3 Å². The largest absolute Gasteiger partial charge is 0.475 e. The first-order valence-electron chi connectivity index (χ1n) is 7.79. The molecule has 2 fully saturated rings. The molecule has 9 heteroatoms. The van der Waals surface area contributed by atoms with E-state index in [1.165, 1.54) is 6.33 Å². The van der Waals surface area contributed by atoms with Crippen LogP contribution in [0.2, 0.25) is 0 Å². The number of alkyl halides is 1. The maximum Gasteiger partial charge on any atom is 0.410 e. The quantitative estimate of drug-likeness (QED) is 0.730. The van der Waals surface area contributed by atoms with E-state index in [1.807, 2.05) is 4.90 Å². The van der Waals surface area contributed by atoms with Gasteiger partial charge in [0, 0.05) is 12.6 Å². The molecule has 24 heavy (non-hydrogen) atoms. The molecular formula is C15H14FN5O3. The Morgan fingerprint density at radius 2 is 2.25 bits per heavy atom. The van der Waals surface area contributed by atoms with Crippen molar-refractivity contribution in [3.63, 3.8) is 0 Å². The molecule has 1 amide bonds. The monoisotopic (exact) mass is 331 g/mol. The van der Waals surface area contributed by atoms with Gasteiger partial charge in [-0.2, -0.15) is 0 Å². The van der Waals surface area contributed by atoms with Crippen LogP contribution >= 0.6 is 0 Å². The number of pyridine rings is 1. The molecule has 0 aliphatic carbocycles. The SMILES string of the molecule is O=C(O)N1C2CCC1(F)CN1c3ncnc4ccnc(c34)OCC21. The van der Waals surface area contributed by atoms with Crippen molar-refractivity contribution in [1.82, 2.24) is 19.9 Å². The molecule has 1 N–H and O–H groups in total. The number of aromatic nitrogens is 3. The van der Waals surface area contributed by atoms with Gasteiger partial charge >= 0.3 is 6.09 Å². The molecule has 0 radical (unpaired) electrons. The third-order valence-electron chi connectivity index (χ3n) is 5.21. The number of amides is 1. The average Bonchev–Trinajstić information content (AvgIpc) is 2.73. The molecular weight excluding hydrogens is 317 g/mol. The molecule has 3 aliphatic heterocycles. The number of hydrogen-bond donors (Lipinski definition) is 1. The van der Waals surface area contributed by atoms with Gasteiger partial charge in [-0.25, -0.2) is 24.1 Å². The van der Waals surface area contributed by atoms with Crippen molar-refractivity contribution in [2.45, 2.75) is 30.7 Å². The van der Waals surface area contributed by atoms with Crippen LogP contribution < -0.4 is 9.64 Å². The van der Waals surface area contributed by atoms with Crippen molar-refractivity contribution in [3.05, 3.63) is 18.6 Å². The third-order valence-corrected chi connectivity index (χ3v) is 5.21. The molecule has 2 aromatic heterocycles. The van der Waals surface area contributed by atoms with E-state index in [2.05, 4.69) is 15.0 Å². The Balaban J connectivity index is 1.70. The van der Waals surface area contributed by atoms with Gasteiger partial charge in [0.15, 0.2) is 0 Å². The minimum atomic E-state index is -1.91. The number of halogens is 1. The van der Waals surface area contributed by atoms with Crippen molar-refractivity contribution in [1.29, 1.82) is 0 Å². The first-order chi connectivity index (χ1) is 11.6. The fourth-order valence-electron chi connectivity index (χ4n) is 4.22. The Morgan fingerprint density at radius 1 is 1.38 bits per heavy atom. The van der Waals surface area contributed by atoms with Gasteiger partial charge in [-0.3, -0.25) is 4.90 Å². The van der Waals surface area contributed by atoms with Crippen LogP contribution in [0, 0.1) is 0 Å². The zero-order valence-electron chi connectivity index (χ0n) is 12.6. The Morgan fingerprint density at radius 3 is 3.08 bits per heavy atom. The summed E-state index contributed by atoms with van der Waals surface area (Å²) in [4.78, 5) is 27.2. The maximum atomic E-state index is 15.3. The molecule has 3 atom stereocenters. The summed E-state index contributed by atoms with van der Waals surface area (Å²) in [6.07, 6.45) is 2.45. The lowest BCUT2D eigenvalue weighted by Gasteiger charge is -2.47. The van der Waals surface area contributed by atoms with Crippen LogP contribution in [0.15, 0.2) is 18.6 Å². The highest BCUT2D eigenvalue weighted by Gasteiger charge is 2.59. The third kappa shape index (κ3) is 1.61. The molecule has 8 nitrogen and oxygen atoms in total. The van der Waals surface area contributed by atoms with Crippen molar-refractivity contribution < 1.29 is 19.0 Å². The number of carbonyl (C=O) groups is 1. The lowest BCUT2D eigenvalue weighted by molar-refractivity contribution is -0.0294. The summed E-state index contributed by atoms with van der Waals surface area (Å²) in [7, 11) is 0. The average molecular weight is 331 g/mol. The van der Waals surface area contributed by atoms with E-state index in [9.17, 15) is 9.90 Å². The van der Waals surface area contributed by atoms with E-state index in [0.29, 0.717) is 29.0 Å². The topological polar surface area (TPSA) is 91.7 Å². The van der Waals surface area contributed by atoms with Gasteiger partial charge in [0.2, 0.25) is 11.7 Å². The fraction of sp³-hybridized carbons (Fsp3) is 0.467. The summed E-state index contributed by atoms with van der Waals surface area (Å²) in [6.45, 7) is 0.164. The number of piperazine rings is 1. The molecule has 0 aromatic carbocycles. The fourth-order valence-corrected chi connectivity index (χ4v) is 4.22. The molecule has 3 aliphatic rings. The molecule has 3 unspecified atom stereocenters. The Labute approximate surface area is 135 Å². The van der Waals surface area contributed by atoms with Crippen LogP contribution in [0.1, 0.15) is 12.8 Å². The molecule has 0 saturated carbocycles. The van der Waals surface area contributed by atoms with Gasteiger partial charge in [0.25, 0.3) is 0 Å². The summed E-state index contributed by atoms with van der Waals surface area (Å²) < 4.78 is 21.2. The van der Waals surface area contributed by atoms with Crippen molar-refractivity contribution in [2.75, 3.05) is 18.1 Å². The molecule has 2 aromatic rings. The normalized spacial score (nSPS) is 30.7. The van der Waals surface area contributed by atoms with Crippen molar-refractivity contribution in [3.8, 4) is 5.88 Å². The summed E-state index contributed by atoms with van der Waals surface area (Å²) in [5.74, 6) is -0.940. The predicted molar refractivity (Wildman–Crippen MR) is 80.7 cm³/mol. The first kappa shape index (κ1) is 13.7. The second-order valence-corrected chi connectivity index (χ2v) is 6.39. The van der Waals surface area contributed by atoms with Gasteiger partial charge in [-0.15, -0.1) is 0 Å². The summed E-state index contributed by atoms with van der Waals surface area (Å²) >= 11 is 0. The minimum Gasteiger partial charge on any atom is -0.475 e. The number of nitrogens with zero attached hydrogens (tertiary/aromatic N) is 5. The number of fused-ring (bicyclic) bond motifs is 5. The highest BCUT2D eigenvalue weighted by molar-refractivity contribution is 5.94. The van der Waals surface area contributed by atoms with Crippen LogP contribution in [0.5, 0.6) is 5.88 Å². The Kier molecular flexibility index (Phi) is 2.53. The van der Waals surface area contributed by atoms with Crippen molar-refractivity contribution in [2.24, 2.45) is 0 Å². The lowest BCUT2D eigenvalue weighted by Crippen LogP contribution is -2.66. The standard InChI is InChI=1S/C15H14FN5O3/c16-15-3-1-9(21(15)14(22)23)10-5-24-13-11-8(2-4-17-13)18-7-19-12(11)20(10)6-15/h2,4,7,9-10H,1,3,5-6H2,(H,22,23). The highest BCUT2D eigenvalue weighted by Crippen LogP contribution is 2.46. The Bertz CT molecular complexity index is 859. The van der Waals surface area contributed by atoms with Crippen molar-refractivity contribution >= 4 is 22.8 Å². The van der Waals surface area contributed by atoms with E-state index in [4.69, 9.17) is 4.74 Å². The lowest BCUT2D eigenvalue weighted by atomic mass is 10.0. The summed E-state index contributed by atoms with van der Waals surface area (Å²) in [5.41, 5.74) is 0.673.